The molecule has 1 rings (SSSR count). The van der Waals surface area contributed by atoms with Crippen LogP contribution in [0.15, 0.2) is 24.3 Å². The van der Waals surface area contributed by atoms with Gasteiger partial charge in [0.1, 0.15) is 0 Å². The molecule has 0 bridgehead atoms. The molecule has 106 valence electrons. The van der Waals surface area contributed by atoms with Gasteiger partial charge in [0.15, 0.2) is 0 Å². The van der Waals surface area contributed by atoms with Crippen molar-refractivity contribution in [3.05, 3.63) is 35.4 Å². The molecule has 0 radical (unpaired) electrons. The van der Waals surface area contributed by atoms with Gasteiger partial charge in [0.25, 0.3) is 0 Å². The fraction of sp³-hybridized carbons (Fsp3) is 0.538. The summed E-state index contributed by atoms with van der Waals surface area (Å²) < 4.78 is 0. The number of aliphatic hydroxyl groups excluding tert-OH is 1. The van der Waals surface area contributed by atoms with Crippen molar-refractivity contribution < 1.29 is 5.11 Å². The van der Waals surface area contributed by atoms with E-state index in [2.05, 4.69) is 41.8 Å². The van der Waals surface area contributed by atoms with Gasteiger partial charge in [-0.2, -0.15) is 0 Å². The first-order valence-electron chi connectivity index (χ1n) is 5.97. The molecule has 5 heteroatoms. The van der Waals surface area contributed by atoms with Crippen molar-refractivity contribution in [2.45, 2.75) is 19.9 Å². The highest BCUT2D eigenvalue weighted by Gasteiger charge is 1.93. The normalized spacial score (nSPS) is 9.44. The molecule has 0 aliphatic carbocycles. The minimum absolute atomic E-state index is 0. The summed E-state index contributed by atoms with van der Waals surface area (Å²) in [6.45, 7) is 5.78. The van der Waals surface area contributed by atoms with Gasteiger partial charge >= 0.3 is 0 Å². The topological polar surface area (TPSA) is 44.3 Å². The SMILES string of the molecule is CCc1ccc(CNCCNCCO)cc1.Cl.Cl. The van der Waals surface area contributed by atoms with E-state index in [9.17, 15) is 0 Å². The van der Waals surface area contributed by atoms with Crippen molar-refractivity contribution in [3.63, 3.8) is 0 Å². The zero-order valence-electron chi connectivity index (χ0n) is 10.8. The van der Waals surface area contributed by atoms with Gasteiger partial charge in [-0.1, -0.05) is 31.2 Å². The van der Waals surface area contributed by atoms with Crippen molar-refractivity contribution >= 4 is 24.8 Å². The molecule has 0 aromatic heterocycles. The third-order valence-corrected chi connectivity index (χ3v) is 2.53. The van der Waals surface area contributed by atoms with Crippen molar-refractivity contribution in [1.29, 1.82) is 0 Å². The molecule has 0 aliphatic heterocycles. The maximum Gasteiger partial charge on any atom is 0.0555 e. The van der Waals surface area contributed by atoms with Crippen LogP contribution in [0.2, 0.25) is 0 Å². The summed E-state index contributed by atoms with van der Waals surface area (Å²) in [6.07, 6.45) is 1.10. The molecule has 1 aromatic carbocycles. The Morgan fingerprint density at radius 2 is 1.44 bits per heavy atom. The third kappa shape index (κ3) is 8.72. The molecular weight excluding hydrogens is 271 g/mol. The number of hydrogen-bond acceptors (Lipinski definition) is 3. The second-order valence-electron chi connectivity index (χ2n) is 3.82. The fourth-order valence-electron chi connectivity index (χ4n) is 1.51. The Morgan fingerprint density at radius 1 is 0.889 bits per heavy atom. The Hall–Kier alpha value is -0.320. The summed E-state index contributed by atoms with van der Waals surface area (Å²) in [5.74, 6) is 0. The molecule has 0 heterocycles. The van der Waals surface area contributed by atoms with E-state index in [4.69, 9.17) is 5.11 Å². The minimum Gasteiger partial charge on any atom is -0.395 e. The predicted octanol–water partition coefficient (Wildman–Crippen LogP) is 1.76. The van der Waals surface area contributed by atoms with Gasteiger partial charge in [-0.25, -0.2) is 0 Å². The van der Waals surface area contributed by atoms with Gasteiger partial charge in [0, 0.05) is 26.2 Å². The van der Waals surface area contributed by atoms with Crippen molar-refractivity contribution in [2.24, 2.45) is 0 Å². The van der Waals surface area contributed by atoms with E-state index in [0.29, 0.717) is 6.54 Å². The Bertz CT molecular complexity index is 281. The molecule has 3 N–H and O–H groups in total. The lowest BCUT2D eigenvalue weighted by Crippen LogP contribution is -2.28. The largest absolute Gasteiger partial charge is 0.395 e. The number of aliphatic hydroxyl groups is 1. The minimum atomic E-state index is 0. The van der Waals surface area contributed by atoms with Crippen LogP contribution < -0.4 is 10.6 Å². The van der Waals surface area contributed by atoms with Gasteiger partial charge in [0.05, 0.1) is 6.61 Å². The van der Waals surface area contributed by atoms with E-state index in [1.54, 1.807) is 0 Å². The molecular formula is C13H24Cl2N2O. The Balaban J connectivity index is 0. The summed E-state index contributed by atoms with van der Waals surface area (Å²) in [5.41, 5.74) is 2.70. The zero-order chi connectivity index (χ0) is 11.6. The molecule has 3 nitrogen and oxygen atoms in total. The van der Waals surface area contributed by atoms with E-state index in [1.165, 1.54) is 11.1 Å². The maximum atomic E-state index is 8.57. The summed E-state index contributed by atoms with van der Waals surface area (Å²) in [6, 6.07) is 8.71. The first-order valence-corrected chi connectivity index (χ1v) is 5.97. The summed E-state index contributed by atoms with van der Waals surface area (Å²) >= 11 is 0. The lowest BCUT2D eigenvalue weighted by Gasteiger charge is -2.06. The van der Waals surface area contributed by atoms with Gasteiger partial charge < -0.3 is 15.7 Å². The molecule has 0 aliphatic rings. The smallest absolute Gasteiger partial charge is 0.0555 e. The van der Waals surface area contributed by atoms with Crippen molar-refractivity contribution in [1.82, 2.24) is 10.6 Å². The van der Waals surface area contributed by atoms with Crippen LogP contribution in [0.25, 0.3) is 0 Å². The predicted molar refractivity (Wildman–Crippen MR) is 82.0 cm³/mol. The number of hydrogen-bond donors (Lipinski definition) is 3. The summed E-state index contributed by atoms with van der Waals surface area (Å²) in [5, 5.41) is 15.0. The Labute approximate surface area is 122 Å². The molecule has 0 atom stereocenters. The molecule has 0 fully saturated rings. The average molecular weight is 295 g/mol. The average Bonchev–Trinajstić information content (AvgIpc) is 2.34. The summed E-state index contributed by atoms with van der Waals surface area (Å²) in [4.78, 5) is 0. The van der Waals surface area contributed by atoms with Crippen LogP contribution in [0, 0.1) is 0 Å². The van der Waals surface area contributed by atoms with Gasteiger partial charge in [-0.3, -0.25) is 0 Å². The summed E-state index contributed by atoms with van der Waals surface area (Å²) in [7, 11) is 0. The second-order valence-corrected chi connectivity index (χ2v) is 3.82. The van der Waals surface area contributed by atoms with Gasteiger partial charge in [-0.05, 0) is 17.5 Å². The van der Waals surface area contributed by atoms with Crippen LogP contribution in [-0.2, 0) is 13.0 Å². The number of rotatable bonds is 8. The Kier molecular flexibility index (Phi) is 14.6. The molecule has 0 saturated heterocycles. The lowest BCUT2D eigenvalue weighted by molar-refractivity contribution is 0.292. The van der Waals surface area contributed by atoms with E-state index in [1.807, 2.05) is 0 Å². The van der Waals surface area contributed by atoms with Gasteiger partial charge in [-0.15, -0.1) is 24.8 Å². The van der Waals surface area contributed by atoms with Crippen LogP contribution in [0.5, 0.6) is 0 Å². The van der Waals surface area contributed by atoms with E-state index in [-0.39, 0.29) is 31.4 Å². The molecule has 0 spiro atoms. The fourth-order valence-corrected chi connectivity index (χ4v) is 1.51. The maximum absolute atomic E-state index is 8.57. The number of halogens is 2. The van der Waals surface area contributed by atoms with Crippen molar-refractivity contribution in [2.75, 3.05) is 26.2 Å². The first kappa shape index (κ1) is 20.0. The van der Waals surface area contributed by atoms with Crippen LogP contribution in [0.3, 0.4) is 0 Å². The number of nitrogens with one attached hydrogen (secondary N) is 2. The standard InChI is InChI=1S/C13H22N2O.2ClH/c1-2-12-3-5-13(6-4-12)11-15-8-7-14-9-10-16;;/h3-6,14-16H,2,7-11H2,1H3;2*1H. The molecule has 0 saturated carbocycles. The quantitative estimate of drug-likeness (QED) is 0.640. The highest BCUT2D eigenvalue weighted by molar-refractivity contribution is 5.85. The third-order valence-electron chi connectivity index (χ3n) is 2.53. The van der Waals surface area contributed by atoms with E-state index >= 15 is 0 Å². The van der Waals surface area contributed by atoms with Gasteiger partial charge in [0.2, 0.25) is 0 Å². The van der Waals surface area contributed by atoms with Crippen LogP contribution >= 0.6 is 24.8 Å². The first-order chi connectivity index (χ1) is 7.86. The second kappa shape index (κ2) is 13.1. The highest BCUT2D eigenvalue weighted by atomic mass is 35.5. The molecule has 18 heavy (non-hydrogen) atoms. The molecule has 1 aromatic rings. The lowest BCUT2D eigenvalue weighted by atomic mass is 10.1. The highest BCUT2D eigenvalue weighted by Crippen LogP contribution is 2.04. The molecule has 0 amide bonds. The number of benzene rings is 1. The van der Waals surface area contributed by atoms with Crippen LogP contribution in [-0.4, -0.2) is 31.3 Å². The van der Waals surface area contributed by atoms with Crippen LogP contribution in [0.4, 0.5) is 0 Å². The Morgan fingerprint density at radius 3 is 2.00 bits per heavy atom. The van der Waals surface area contributed by atoms with Crippen molar-refractivity contribution in [3.8, 4) is 0 Å². The van der Waals surface area contributed by atoms with E-state index in [0.717, 1.165) is 26.1 Å². The number of aryl methyl sites for hydroxylation is 1. The zero-order valence-corrected chi connectivity index (χ0v) is 12.4. The molecule has 0 unspecified atom stereocenters. The monoisotopic (exact) mass is 294 g/mol. The van der Waals surface area contributed by atoms with Crippen LogP contribution in [0.1, 0.15) is 18.1 Å². The van der Waals surface area contributed by atoms with E-state index < -0.39 is 0 Å².